The molecule has 0 unspecified atom stereocenters. The first-order valence-electron chi connectivity index (χ1n) is 3.41. The maximum Gasteiger partial charge on any atom is 0.261 e. The molecule has 0 bridgehead atoms. The molecule has 0 saturated heterocycles. The van der Waals surface area contributed by atoms with E-state index in [-0.39, 0.29) is 5.91 Å². The van der Waals surface area contributed by atoms with Crippen molar-refractivity contribution in [1.29, 1.82) is 0 Å². The molecule has 1 amide bonds. The lowest BCUT2D eigenvalue weighted by atomic mass is 10.3. The number of carbonyl (C=O) groups excluding carboxylic acids is 1. The summed E-state index contributed by atoms with van der Waals surface area (Å²) in [5, 5.41) is 0. The summed E-state index contributed by atoms with van der Waals surface area (Å²) in [5.41, 5.74) is 0.895. The smallest absolute Gasteiger partial charge is 0.261 e. The van der Waals surface area contributed by atoms with Crippen molar-refractivity contribution in [3.8, 4) is 0 Å². The molecule has 2 aliphatic heterocycles. The Labute approximate surface area is 70.4 Å². The van der Waals surface area contributed by atoms with Gasteiger partial charge in [0.2, 0.25) is 7.98 Å². The molecule has 12 heavy (non-hydrogen) atoms. The number of hydrogen-bond acceptors (Lipinski definition) is 3. The molecular formula is C7H4BN3O. The van der Waals surface area contributed by atoms with Gasteiger partial charge in [-0.05, 0) is 5.87 Å². The summed E-state index contributed by atoms with van der Waals surface area (Å²) < 4.78 is 0. The molecule has 2 rings (SSSR count). The first-order chi connectivity index (χ1) is 5.79. The Morgan fingerprint density at radius 2 is 2.50 bits per heavy atom. The number of carbonyl (C=O) groups is 1. The molecule has 0 spiro atoms. The second kappa shape index (κ2) is 2.46. The van der Waals surface area contributed by atoms with Gasteiger partial charge in [0.1, 0.15) is 0 Å². The molecule has 0 saturated carbocycles. The van der Waals surface area contributed by atoms with E-state index < -0.39 is 0 Å². The van der Waals surface area contributed by atoms with Crippen LogP contribution < -0.4 is 0 Å². The van der Waals surface area contributed by atoms with Crippen molar-refractivity contribution >= 4 is 26.0 Å². The van der Waals surface area contributed by atoms with Gasteiger partial charge in [-0.1, -0.05) is 0 Å². The van der Waals surface area contributed by atoms with E-state index in [1.54, 1.807) is 6.08 Å². The molecule has 0 fully saturated rings. The molecule has 56 valence electrons. The molecule has 0 aromatic heterocycles. The van der Waals surface area contributed by atoms with Crippen LogP contribution in [-0.2, 0) is 4.79 Å². The van der Waals surface area contributed by atoms with Crippen LogP contribution in [0.25, 0.3) is 0 Å². The second-order valence-corrected chi connectivity index (χ2v) is 2.41. The molecule has 2 heterocycles. The zero-order chi connectivity index (χ0) is 8.55. The summed E-state index contributed by atoms with van der Waals surface area (Å²) in [5.74, 6) is 2.33. The summed E-state index contributed by atoms with van der Waals surface area (Å²) >= 11 is 0. The molecule has 2 aliphatic rings. The van der Waals surface area contributed by atoms with Crippen molar-refractivity contribution in [1.82, 2.24) is 4.81 Å². The van der Waals surface area contributed by atoms with Crippen molar-refractivity contribution in [2.24, 2.45) is 9.98 Å². The maximum absolute atomic E-state index is 11.2. The van der Waals surface area contributed by atoms with Crippen molar-refractivity contribution in [3.05, 3.63) is 17.5 Å². The van der Waals surface area contributed by atoms with E-state index in [1.165, 1.54) is 6.21 Å². The first kappa shape index (κ1) is 7.07. The lowest BCUT2D eigenvalue weighted by Gasteiger charge is -2.06. The van der Waals surface area contributed by atoms with E-state index in [1.807, 2.05) is 0 Å². The van der Waals surface area contributed by atoms with E-state index in [0.29, 0.717) is 17.9 Å². The van der Waals surface area contributed by atoms with Crippen LogP contribution in [0.5, 0.6) is 0 Å². The molecule has 0 aliphatic carbocycles. The highest BCUT2D eigenvalue weighted by molar-refractivity contribution is 6.20. The fraction of sp³-hybridized carbons (Fsp3) is 0.143. The van der Waals surface area contributed by atoms with Crippen molar-refractivity contribution in [2.45, 2.75) is 0 Å². The van der Waals surface area contributed by atoms with Crippen LogP contribution in [0.15, 0.2) is 27.5 Å². The Morgan fingerprint density at radius 1 is 1.67 bits per heavy atom. The van der Waals surface area contributed by atoms with Crippen LogP contribution in [0.3, 0.4) is 0 Å². The Balaban J connectivity index is 2.48. The van der Waals surface area contributed by atoms with Crippen molar-refractivity contribution in [3.63, 3.8) is 0 Å². The topological polar surface area (TPSA) is 45.0 Å². The van der Waals surface area contributed by atoms with Crippen LogP contribution in [0.2, 0.25) is 0 Å². The third kappa shape index (κ3) is 0.915. The van der Waals surface area contributed by atoms with Gasteiger partial charge in [-0.2, -0.15) is 0 Å². The molecule has 0 aromatic rings. The Hall–Kier alpha value is -1.61. The number of hydrogen-bond donors (Lipinski definition) is 0. The number of nitrogens with zero attached hydrogens (tertiary/aromatic N) is 3. The molecule has 0 atom stereocenters. The van der Waals surface area contributed by atoms with Crippen LogP contribution >= 0.6 is 0 Å². The van der Waals surface area contributed by atoms with E-state index in [9.17, 15) is 4.79 Å². The third-order valence-electron chi connectivity index (χ3n) is 1.61. The summed E-state index contributed by atoms with van der Waals surface area (Å²) in [4.78, 5) is 20.1. The largest absolute Gasteiger partial charge is 0.386 e. The average molecular weight is 157 g/mol. The van der Waals surface area contributed by atoms with Gasteiger partial charge < -0.3 is 4.81 Å². The monoisotopic (exact) mass is 157 g/mol. The number of allylic oxidation sites excluding steroid dienone is 1. The standard InChI is InChI=1S/C7H4BN3O/c8-11-4-5-6(7(11)12)10-3-1-2-9-5/h1,3H,4H2. The lowest BCUT2D eigenvalue weighted by Crippen LogP contribution is -2.23. The van der Waals surface area contributed by atoms with E-state index >= 15 is 0 Å². The van der Waals surface area contributed by atoms with Gasteiger partial charge in [0.15, 0.2) is 5.70 Å². The highest BCUT2D eigenvalue weighted by Gasteiger charge is 2.26. The molecule has 2 radical (unpaired) electrons. The molecule has 4 nitrogen and oxygen atoms in total. The van der Waals surface area contributed by atoms with Gasteiger partial charge in [-0.25, -0.2) is 9.98 Å². The normalized spacial score (nSPS) is 20.3. The lowest BCUT2D eigenvalue weighted by molar-refractivity contribution is -0.121. The summed E-state index contributed by atoms with van der Waals surface area (Å²) in [6.45, 7) is 0.312. The summed E-state index contributed by atoms with van der Waals surface area (Å²) in [6.07, 6.45) is 3.02. The van der Waals surface area contributed by atoms with Crippen LogP contribution in [0, 0.1) is 0 Å². The van der Waals surface area contributed by atoms with Crippen LogP contribution in [0.1, 0.15) is 0 Å². The van der Waals surface area contributed by atoms with Gasteiger partial charge in [-0.3, -0.25) is 4.79 Å². The average Bonchev–Trinajstić information content (AvgIpc) is 2.30. The minimum Gasteiger partial charge on any atom is -0.386 e. The Bertz CT molecular complexity index is 363. The predicted molar refractivity (Wildman–Crippen MR) is 45.0 cm³/mol. The molecule has 0 N–H and O–H groups in total. The number of aliphatic imine (C=N–C) groups is 2. The maximum atomic E-state index is 11.2. The minimum absolute atomic E-state index is 0.290. The first-order valence-corrected chi connectivity index (χ1v) is 3.41. The summed E-state index contributed by atoms with van der Waals surface area (Å²) in [7, 11) is 5.36. The van der Waals surface area contributed by atoms with Gasteiger partial charge >= 0.3 is 0 Å². The van der Waals surface area contributed by atoms with Gasteiger partial charge in [0, 0.05) is 12.3 Å². The Morgan fingerprint density at radius 3 is 3.33 bits per heavy atom. The van der Waals surface area contributed by atoms with Gasteiger partial charge in [0.25, 0.3) is 5.91 Å². The van der Waals surface area contributed by atoms with Gasteiger partial charge in [0.05, 0.1) is 12.2 Å². The minimum atomic E-state index is -0.290. The fourth-order valence-electron chi connectivity index (χ4n) is 1.05. The Kier molecular flexibility index (Phi) is 1.45. The predicted octanol–water partition coefficient (Wildman–Crippen LogP) is -0.566. The zero-order valence-electron chi connectivity index (χ0n) is 6.19. The number of amides is 1. The molecule has 0 aromatic carbocycles. The second-order valence-electron chi connectivity index (χ2n) is 2.41. The summed E-state index contributed by atoms with van der Waals surface area (Å²) in [6, 6.07) is 0. The van der Waals surface area contributed by atoms with Gasteiger partial charge in [-0.15, -0.1) is 0 Å². The molecular weight excluding hydrogens is 153 g/mol. The fourth-order valence-corrected chi connectivity index (χ4v) is 1.05. The van der Waals surface area contributed by atoms with E-state index in [4.69, 9.17) is 7.98 Å². The highest BCUT2D eigenvalue weighted by Crippen LogP contribution is 2.19. The van der Waals surface area contributed by atoms with Crippen molar-refractivity contribution in [2.75, 3.05) is 6.54 Å². The SMILES string of the molecule is [B]N1CC2=C(N=CC=C=N2)C1=O. The third-order valence-corrected chi connectivity index (χ3v) is 1.61. The quantitative estimate of drug-likeness (QED) is 0.434. The van der Waals surface area contributed by atoms with Crippen LogP contribution in [0.4, 0.5) is 0 Å². The van der Waals surface area contributed by atoms with E-state index in [0.717, 1.165) is 4.81 Å². The zero-order valence-corrected chi connectivity index (χ0v) is 6.19. The number of rotatable bonds is 0. The highest BCUT2D eigenvalue weighted by atomic mass is 16.2. The molecule has 5 heteroatoms. The van der Waals surface area contributed by atoms with E-state index in [2.05, 4.69) is 15.9 Å². The van der Waals surface area contributed by atoms with Crippen LogP contribution in [-0.4, -0.2) is 37.3 Å². The van der Waals surface area contributed by atoms with Crippen molar-refractivity contribution < 1.29 is 4.79 Å².